The van der Waals surface area contributed by atoms with Gasteiger partial charge in [0.1, 0.15) is 36.6 Å². The Balaban J connectivity index is 2.07. The van der Waals surface area contributed by atoms with E-state index < -0.39 is 37.0 Å². The summed E-state index contributed by atoms with van der Waals surface area (Å²) in [5, 5.41) is 9.86. The van der Waals surface area contributed by atoms with E-state index >= 15 is 0 Å². The zero-order valence-corrected chi connectivity index (χ0v) is 14.7. The van der Waals surface area contributed by atoms with Gasteiger partial charge in [0, 0.05) is 35.5 Å². The van der Waals surface area contributed by atoms with E-state index in [4.69, 9.17) is 37.9 Å². The zero-order valence-electron chi connectivity index (χ0n) is 14.7. The molecule has 2 heterocycles. The molecule has 0 aromatic carbocycles. The van der Waals surface area contributed by atoms with Crippen molar-refractivity contribution in [3.05, 3.63) is 0 Å². The average molecular weight is 352 g/mol. The molecule has 0 saturated carbocycles. The molecule has 2 fully saturated rings. The Bertz CT molecular complexity index is 369. The van der Waals surface area contributed by atoms with E-state index in [-0.39, 0.29) is 18.8 Å². The number of rotatable bonds is 7. The third kappa shape index (κ3) is 4.06. The second kappa shape index (κ2) is 9.37. The first-order chi connectivity index (χ1) is 11.6. The molecule has 1 N–H and O–H groups in total. The van der Waals surface area contributed by atoms with Crippen LogP contribution in [0.25, 0.3) is 0 Å². The molecule has 0 bridgehead atoms. The minimum absolute atomic E-state index is 0.140. The number of methoxy groups -OCH3 is 5. The molecule has 9 heteroatoms. The summed E-state index contributed by atoms with van der Waals surface area (Å²) in [7, 11) is 7.74. The number of aliphatic hydroxyl groups excluding tert-OH is 1. The topological polar surface area (TPSA) is 94.1 Å². The lowest BCUT2D eigenvalue weighted by Crippen LogP contribution is -2.60. The van der Waals surface area contributed by atoms with Crippen molar-refractivity contribution in [1.29, 1.82) is 0 Å². The van der Waals surface area contributed by atoms with Crippen molar-refractivity contribution in [3.63, 3.8) is 0 Å². The van der Waals surface area contributed by atoms with Crippen molar-refractivity contribution in [2.24, 2.45) is 0 Å². The Labute approximate surface area is 142 Å². The van der Waals surface area contributed by atoms with Gasteiger partial charge >= 0.3 is 0 Å². The summed E-state index contributed by atoms with van der Waals surface area (Å²) in [6, 6.07) is 0. The quantitative estimate of drug-likeness (QED) is 0.629. The highest BCUT2D eigenvalue weighted by atomic mass is 16.7. The molecule has 24 heavy (non-hydrogen) atoms. The largest absolute Gasteiger partial charge is 0.376 e. The van der Waals surface area contributed by atoms with Crippen molar-refractivity contribution >= 4 is 0 Å². The molecule has 2 saturated heterocycles. The first-order valence-electron chi connectivity index (χ1n) is 7.81. The minimum Gasteiger partial charge on any atom is -0.376 e. The van der Waals surface area contributed by atoms with E-state index in [1.807, 2.05) is 0 Å². The molecular weight excluding hydrogens is 324 g/mol. The predicted molar refractivity (Wildman–Crippen MR) is 80.6 cm³/mol. The summed E-state index contributed by atoms with van der Waals surface area (Å²) >= 11 is 0. The lowest BCUT2D eigenvalue weighted by Gasteiger charge is -2.44. The van der Waals surface area contributed by atoms with Gasteiger partial charge in [0.25, 0.3) is 0 Å². The van der Waals surface area contributed by atoms with Crippen molar-refractivity contribution in [1.82, 2.24) is 0 Å². The van der Waals surface area contributed by atoms with Gasteiger partial charge in [-0.2, -0.15) is 0 Å². The number of aliphatic hydroxyl groups is 1. The summed E-state index contributed by atoms with van der Waals surface area (Å²) in [5.41, 5.74) is 0. The molecule has 0 aromatic heterocycles. The van der Waals surface area contributed by atoms with Crippen LogP contribution in [-0.2, 0) is 37.9 Å². The van der Waals surface area contributed by atoms with Crippen molar-refractivity contribution in [2.75, 3.05) is 48.8 Å². The lowest BCUT2D eigenvalue weighted by atomic mass is 10.0. The SMILES string of the molecule is CO[C@@H]1[C@@H](OC)[C@H](O[C@@H]2OC[C@@H](OC)[C@H](OC)[C@H]2OC)CO[C@H]1O. The summed E-state index contributed by atoms with van der Waals surface area (Å²) in [6.07, 6.45) is -4.52. The van der Waals surface area contributed by atoms with Crippen LogP contribution in [-0.4, -0.2) is 103 Å². The van der Waals surface area contributed by atoms with Crippen LogP contribution in [0.15, 0.2) is 0 Å². The highest BCUT2D eigenvalue weighted by Crippen LogP contribution is 2.28. The molecule has 9 nitrogen and oxygen atoms in total. The van der Waals surface area contributed by atoms with Gasteiger partial charge in [-0.1, -0.05) is 0 Å². The molecule has 142 valence electrons. The lowest BCUT2D eigenvalue weighted by molar-refractivity contribution is -0.333. The number of hydrogen-bond donors (Lipinski definition) is 1. The van der Waals surface area contributed by atoms with Gasteiger partial charge < -0.3 is 43.0 Å². The fourth-order valence-corrected chi connectivity index (χ4v) is 3.18. The third-order valence-electron chi connectivity index (χ3n) is 4.49. The molecule has 2 rings (SSSR count). The third-order valence-corrected chi connectivity index (χ3v) is 4.49. The molecular formula is C15H28O9. The highest BCUT2D eigenvalue weighted by Gasteiger charge is 2.47. The van der Waals surface area contributed by atoms with Crippen molar-refractivity contribution < 1.29 is 43.0 Å². The van der Waals surface area contributed by atoms with Crippen LogP contribution in [0.2, 0.25) is 0 Å². The zero-order chi connectivity index (χ0) is 17.7. The summed E-state index contributed by atoms with van der Waals surface area (Å²) < 4.78 is 44.1. The van der Waals surface area contributed by atoms with Crippen molar-refractivity contribution in [3.8, 4) is 0 Å². The highest BCUT2D eigenvalue weighted by molar-refractivity contribution is 4.90. The van der Waals surface area contributed by atoms with E-state index in [0.29, 0.717) is 6.61 Å². The van der Waals surface area contributed by atoms with Gasteiger partial charge in [0.2, 0.25) is 0 Å². The van der Waals surface area contributed by atoms with Crippen LogP contribution in [0, 0.1) is 0 Å². The fraction of sp³-hybridized carbons (Fsp3) is 1.00. The van der Waals surface area contributed by atoms with Gasteiger partial charge in [-0.3, -0.25) is 0 Å². The molecule has 0 radical (unpaired) electrons. The molecule has 8 atom stereocenters. The van der Waals surface area contributed by atoms with E-state index in [2.05, 4.69) is 0 Å². The van der Waals surface area contributed by atoms with Crippen LogP contribution in [0.4, 0.5) is 0 Å². The Kier molecular flexibility index (Phi) is 7.79. The maximum Gasteiger partial charge on any atom is 0.187 e. The van der Waals surface area contributed by atoms with Gasteiger partial charge in [0.05, 0.1) is 13.2 Å². The molecule has 0 aliphatic carbocycles. The second-order valence-electron chi connectivity index (χ2n) is 5.68. The van der Waals surface area contributed by atoms with Crippen LogP contribution < -0.4 is 0 Å². The summed E-state index contributed by atoms with van der Waals surface area (Å²) in [6.45, 7) is 0.447. The Morgan fingerprint density at radius 1 is 0.667 bits per heavy atom. The van der Waals surface area contributed by atoms with Gasteiger partial charge in [-0.15, -0.1) is 0 Å². The first kappa shape index (κ1) is 20.0. The normalized spacial score (nSPS) is 43.8. The van der Waals surface area contributed by atoms with Crippen LogP contribution in [0.3, 0.4) is 0 Å². The average Bonchev–Trinajstić information content (AvgIpc) is 2.61. The van der Waals surface area contributed by atoms with Crippen molar-refractivity contribution in [2.45, 2.75) is 49.2 Å². The second-order valence-corrected chi connectivity index (χ2v) is 5.68. The Morgan fingerprint density at radius 3 is 1.75 bits per heavy atom. The van der Waals surface area contributed by atoms with E-state index in [1.165, 1.54) is 14.2 Å². The molecule has 0 amide bonds. The van der Waals surface area contributed by atoms with E-state index in [9.17, 15) is 5.11 Å². The smallest absolute Gasteiger partial charge is 0.187 e. The minimum atomic E-state index is -1.07. The van der Waals surface area contributed by atoms with E-state index in [0.717, 1.165) is 0 Å². The standard InChI is InChI=1S/C15H28O9/c1-17-8-6-23-15(13(21-5)10(8)18-2)24-9-7-22-14(16)12(20-4)11(9)19-3/h8-16H,6-7H2,1-5H3/t8-,9-,10+,11+,12-,13-,14-,15+/m1/s1. The number of ether oxygens (including phenoxy) is 8. The van der Waals surface area contributed by atoms with Crippen LogP contribution in [0.5, 0.6) is 0 Å². The predicted octanol–water partition coefficient (Wildman–Crippen LogP) is -0.848. The van der Waals surface area contributed by atoms with Gasteiger partial charge in [-0.05, 0) is 0 Å². The van der Waals surface area contributed by atoms with E-state index in [1.54, 1.807) is 21.3 Å². The maximum absolute atomic E-state index is 9.86. The Hall–Kier alpha value is -0.360. The van der Waals surface area contributed by atoms with Gasteiger partial charge in [0.15, 0.2) is 12.6 Å². The monoisotopic (exact) mass is 352 g/mol. The Morgan fingerprint density at radius 2 is 1.21 bits per heavy atom. The molecule has 2 aliphatic heterocycles. The molecule has 0 spiro atoms. The maximum atomic E-state index is 9.86. The first-order valence-corrected chi connectivity index (χ1v) is 7.81. The number of hydrogen-bond acceptors (Lipinski definition) is 9. The molecule has 0 aromatic rings. The fourth-order valence-electron chi connectivity index (χ4n) is 3.18. The molecule has 0 unspecified atom stereocenters. The molecule has 2 aliphatic rings. The summed E-state index contributed by atoms with van der Waals surface area (Å²) in [5.74, 6) is 0. The van der Waals surface area contributed by atoms with Crippen LogP contribution >= 0.6 is 0 Å². The van der Waals surface area contributed by atoms with Gasteiger partial charge in [-0.25, -0.2) is 0 Å². The summed E-state index contributed by atoms with van der Waals surface area (Å²) in [4.78, 5) is 0. The van der Waals surface area contributed by atoms with Crippen LogP contribution in [0.1, 0.15) is 0 Å².